The Morgan fingerprint density at radius 2 is 2.14 bits per heavy atom. The summed E-state index contributed by atoms with van der Waals surface area (Å²) in [5.41, 5.74) is 2.45. The first-order chi connectivity index (χ1) is 10.3. The average molecular weight is 302 g/mol. The molecule has 1 N–H and O–H groups in total. The van der Waals surface area contributed by atoms with Crippen molar-refractivity contribution in [2.45, 2.75) is 47.5 Å². The molecule has 0 bridgehead atoms. The number of aliphatic hydroxyl groups is 1. The fourth-order valence-electron chi connectivity index (χ4n) is 5.58. The minimum absolute atomic E-state index is 0.147. The Labute approximate surface area is 134 Å². The van der Waals surface area contributed by atoms with Gasteiger partial charge in [0.2, 0.25) is 0 Å². The summed E-state index contributed by atoms with van der Waals surface area (Å²) < 4.78 is 0. The minimum Gasteiger partial charge on any atom is -0.392 e. The number of carbonyl (C=O) groups is 1. The van der Waals surface area contributed by atoms with Crippen molar-refractivity contribution in [1.29, 1.82) is 0 Å². The van der Waals surface area contributed by atoms with Crippen LogP contribution in [0.4, 0.5) is 0 Å². The van der Waals surface area contributed by atoms with Crippen molar-refractivity contribution in [2.24, 2.45) is 40.9 Å². The molecule has 0 radical (unpaired) electrons. The zero-order chi connectivity index (χ0) is 16.2. The first-order valence-corrected chi connectivity index (χ1v) is 8.77. The van der Waals surface area contributed by atoms with Gasteiger partial charge in [0.25, 0.3) is 0 Å². The number of hydrogen-bond acceptors (Lipinski definition) is 2. The van der Waals surface area contributed by atoms with Crippen LogP contribution in [0.5, 0.6) is 0 Å². The van der Waals surface area contributed by atoms with Gasteiger partial charge >= 0.3 is 0 Å². The molecule has 0 aromatic heterocycles. The van der Waals surface area contributed by atoms with E-state index in [1.54, 1.807) is 0 Å². The molecule has 0 aromatic rings. The number of ketones is 1. The highest BCUT2D eigenvalue weighted by Gasteiger charge is 2.65. The van der Waals surface area contributed by atoms with Crippen LogP contribution < -0.4 is 0 Å². The molecule has 2 saturated carbocycles. The summed E-state index contributed by atoms with van der Waals surface area (Å²) in [6.07, 6.45) is 6.55. The van der Waals surface area contributed by atoms with E-state index in [1.807, 2.05) is 13.8 Å². The molecule has 0 amide bonds. The lowest BCUT2D eigenvalue weighted by atomic mass is 9.66. The predicted octanol–water partition coefficient (Wildman–Crippen LogP) is 4.00. The molecule has 2 fully saturated rings. The average Bonchev–Trinajstić information content (AvgIpc) is 2.81. The van der Waals surface area contributed by atoms with Crippen molar-refractivity contribution in [2.75, 3.05) is 6.61 Å². The molecule has 0 heterocycles. The molecule has 2 nitrogen and oxygen atoms in total. The van der Waals surface area contributed by atoms with Gasteiger partial charge in [-0.2, -0.15) is 0 Å². The van der Waals surface area contributed by atoms with Crippen LogP contribution in [0, 0.1) is 40.9 Å². The summed E-state index contributed by atoms with van der Waals surface area (Å²) in [4.78, 5) is 12.0. The summed E-state index contributed by atoms with van der Waals surface area (Å²) >= 11 is 0. The quantitative estimate of drug-likeness (QED) is 0.800. The molecule has 22 heavy (non-hydrogen) atoms. The minimum atomic E-state index is 0.147. The SMILES string of the molecule is CC1=CC(C2C(/C=C(\C)CO)C3C(C[C@H]2C)C3(C)C)CC1=O. The fraction of sp³-hybridized carbons (Fsp3) is 0.750. The lowest BCUT2D eigenvalue weighted by Crippen LogP contribution is -2.33. The molecule has 0 aliphatic heterocycles. The van der Waals surface area contributed by atoms with Crippen molar-refractivity contribution in [3.8, 4) is 0 Å². The molecule has 0 saturated heterocycles. The zero-order valence-corrected chi connectivity index (χ0v) is 14.6. The number of rotatable bonds is 3. The first-order valence-electron chi connectivity index (χ1n) is 8.77. The third-order valence-electron chi connectivity index (χ3n) is 6.83. The maximum absolute atomic E-state index is 12.0. The Kier molecular flexibility index (Phi) is 3.87. The van der Waals surface area contributed by atoms with Crippen LogP contribution in [-0.4, -0.2) is 17.5 Å². The van der Waals surface area contributed by atoms with E-state index in [2.05, 4.69) is 32.9 Å². The molecular weight excluding hydrogens is 272 g/mol. The summed E-state index contributed by atoms with van der Waals surface area (Å²) in [5, 5.41) is 9.46. The number of aliphatic hydroxyl groups excluding tert-OH is 1. The number of allylic oxidation sites excluding steroid dienone is 3. The van der Waals surface area contributed by atoms with Gasteiger partial charge in [-0.3, -0.25) is 4.79 Å². The molecule has 3 aliphatic carbocycles. The molecule has 122 valence electrons. The van der Waals surface area contributed by atoms with Crippen LogP contribution in [0.25, 0.3) is 0 Å². The largest absolute Gasteiger partial charge is 0.392 e. The Hall–Kier alpha value is -0.890. The Bertz CT molecular complexity index is 540. The van der Waals surface area contributed by atoms with E-state index < -0.39 is 0 Å². The van der Waals surface area contributed by atoms with E-state index in [4.69, 9.17) is 0 Å². The molecule has 5 unspecified atom stereocenters. The molecule has 0 aromatic carbocycles. The highest BCUT2D eigenvalue weighted by molar-refractivity contribution is 5.97. The van der Waals surface area contributed by atoms with Crippen LogP contribution in [0.1, 0.15) is 47.5 Å². The summed E-state index contributed by atoms with van der Waals surface area (Å²) in [6.45, 7) is 11.3. The Morgan fingerprint density at radius 3 is 2.68 bits per heavy atom. The molecule has 6 atom stereocenters. The van der Waals surface area contributed by atoms with Crippen molar-refractivity contribution >= 4 is 5.78 Å². The zero-order valence-electron chi connectivity index (χ0n) is 14.6. The molecule has 2 heteroatoms. The van der Waals surface area contributed by atoms with E-state index in [0.717, 1.165) is 23.0 Å². The van der Waals surface area contributed by atoms with E-state index >= 15 is 0 Å². The Morgan fingerprint density at radius 1 is 1.45 bits per heavy atom. The topological polar surface area (TPSA) is 37.3 Å². The highest BCUT2D eigenvalue weighted by Crippen LogP contribution is 2.70. The van der Waals surface area contributed by atoms with Crippen molar-refractivity contribution in [3.05, 3.63) is 23.3 Å². The summed E-state index contributed by atoms with van der Waals surface area (Å²) in [7, 11) is 0. The molecule has 3 aliphatic rings. The van der Waals surface area contributed by atoms with Gasteiger partial charge in [-0.15, -0.1) is 0 Å². The van der Waals surface area contributed by atoms with Crippen molar-refractivity contribution in [1.82, 2.24) is 0 Å². The second kappa shape index (κ2) is 5.33. The van der Waals surface area contributed by atoms with Gasteiger partial charge in [-0.25, -0.2) is 0 Å². The van der Waals surface area contributed by atoms with Crippen LogP contribution in [0.15, 0.2) is 23.3 Å². The van der Waals surface area contributed by atoms with Gasteiger partial charge < -0.3 is 5.11 Å². The van der Waals surface area contributed by atoms with Gasteiger partial charge in [0, 0.05) is 6.42 Å². The third-order valence-corrected chi connectivity index (χ3v) is 6.83. The lowest BCUT2D eigenvalue weighted by molar-refractivity contribution is -0.115. The van der Waals surface area contributed by atoms with E-state index in [9.17, 15) is 9.90 Å². The molecular formula is C20H30O2. The number of hydrogen-bond donors (Lipinski definition) is 1. The van der Waals surface area contributed by atoms with E-state index in [-0.39, 0.29) is 6.61 Å². The van der Waals surface area contributed by atoms with Crippen molar-refractivity contribution < 1.29 is 9.90 Å². The summed E-state index contributed by atoms with van der Waals surface area (Å²) in [5.74, 6) is 3.97. The maximum Gasteiger partial charge on any atom is 0.158 e. The van der Waals surface area contributed by atoms with E-state index in [1.165, 1.54) is 6.42 Å². The molecule has 3 rings (SSSR count). The lowest BCUT2D eigenvalue weighted by Gasteiger charge is -2.38. The van der Waals surface area contributed by atoms with Crippen molar-refractivity contribution in [3.63, 3.8) is 0 Å². The van der Waals surface area contributed by atoms with Crippen LogP contribution in [-0.2, 0) is 4.79 Å². The first kappa shape index (κ1) is 16.0. The van der Waals surface area contributed by atoms with Gasteiger partial charge in [0.05, 0.1) is 6.61 Å². The number of fused-ring (bicyclic) bond motifs is 1. The van der Waals surface area contributed by atoms with Crippen LogP contribution in [0.2, 0.25) is 0 Å². The van der Waals surface area contributed by atoms with Crippen LogP contribution in [0.3, 0.4) is 0 Å². The standard InChI is InChI=1S/C20H30O2/c1-11(10-21)6-15-18(14-7-12(2)17(22)9-14)13(3)8-16-19(15)20(16,4)5/h6-7,13-16,18-19,21H,8-10H2,1-5H3/b11-6+/t13-,14?,15?,16?,18?,19?/m1/s1. The van der Waals surface area contributed by atoms with E-state index in [0.29, 0.717) is 41.3 Å². The number of Topliss-reactive ketones (excluding diaryl/α,β-unsaturated/α-hetero) is 1. The normalized spacial score (nSPS) is 43.8. The fourth-order valence-corrected chi connectivity index (χ4v) is 5.58. The predicted molar refractivity (Wildman–Crippen MR) is 89.2 cm³/mol. The second-order valence-corrected chi connectivity index (χ2v) is 8.63. The van der Waals surface area contributed by atoms with Gasteiger partial charge in [0.15, 0.2) is 5.78 Å². The summed E-state index contributed by atoms with van der Waals surface area (Å²) in [6, 6.07) is 0. The van der Waals surface area contributed by atoms with Gasteiger partial charge in [0.1, 0.15) is 0 Å². The number of carbonyl (C=O) groups excluding carboxylic acids is 1. The maximum atomic E-state index is 12.0. The molecule has 0 spiro atoms. The third kappa shape index (κ3) is 2.40. The van der Waals surface area contributed by atoms with Gasteiger partial charge in [-0.1, -0.05) is 38.5 Å². The van der Waals surface area contributed by atoms with Gasteiger partial charge in [-0.05, 0) is 66.8 Å². The Balaban J connectivity index is 1.93. The smallest absolute Gasteiger partial charge is 0.158 e. The highest BCUT2D eigenvalue weighted by atomic mass is 16.3. The monoisotopic (exact) mass is 302 g/mol. The second-order valence-electron chi connectivity index (χ2n) is 8.63. The van der Waals surface area contributed by atoms with Crippen LogP contribution >= 0.6 is 0 Å².